The number of rotatable bonds is 6. The summed E-state index contributed by atoms with van der Waals surface area (Å²) < 4.78 is 4.61. The van der Waals surface area contributed by atoms with Crippen LogP contribution in [-0.2, 0) is 14.3 Å². The molecular weight excluding hydrogens is 352 g/mol. The molecule has 0 saturated carbocycles. The Kier molecular flexibility index (Phi) is 6.55. The number of ether oxygens (including phenoxy) is 1. The van der Waals surface area contributed by atoms with E-state index in [1.54, 1.807) is 13.8 Å². The van der Waals surface area contributed by atoms with Gasteiger partial charge in [0.25, 0.3) is 5.91 Å². The van der Waals surface area contributed by atoms with Gasteiger partial charge in [0.15, 0.2) is 0 Å². The number of amides is 2. The molecule has 1 heterocycles. The van der Waals surface area contributed by atoms with E-state index in [0.29, 0.717) is 24.9 Å². The highest BCUT2D eigenvalue weighted by Crippen LogP contribution is 2.20. The van der Waals surface area contributed by atoms with E-state index >= 15 is 0 Å². The summed E-state index contributed by atoms with van der Waals surface area (Å²) in [7, 11) is 1.27. The van der Waals surface area contributed by atoms with E-state index in [0.717, 1.165) is 0 Å². The van der Waals surface area contributed by atoms with Crippen molar-refractivity contribution in [1.82, 2.24) is 10.2 Å². The fourth-order valence-corrected chi connectivity index (χ4v) is 3.08. The number of carbonyl (C=O) groups excluding carboxylic acids is 3. The van der Waals surface area contributed by atoms with E-state index in [9.17, 15) is 24.3 Å². The number of likely N-dealkylation sites (tertiary alicyclic amines) is 1. The van der Waals surface area contributed by atoms with Crippen LogP contribution in [0.5, 0.6) is 0 Å². The summed E-state index contributed by atoms with van der Waals surface area (Å²) in [6, 6.07) is 4.19. The lowest BCUT2D eigenvalue weighted by molar-refractivity contribution is -0.149. The second-order valence-electron chi connectivity index (χ2n) is 6.79. The zero-order chi connectivity index (χ0) is 20.1. The van der Waals surface area contributed by atoms with E-state index in [4.69, 9.17) is 0 Å². The largest absolute Gasteiger partial charge is 0.480 e. The number of nitrogens with one attached hydrogen (secondary N) is 1. The highest BCUT2D eigenvalue weighted by Gasteiger charge is 2.38. The van der Waals surface area contributed by atoms with Crippen molar-refractivity contribution in [2.45, 2.75) is 38.8 Å². The molecular formula is C19H24N2O6. The molecule has 8 heteroatoms. The fraction of sp³-hybridized carbons (Fsp3) is 0.474. The molecule has 1 aliphatic heterocycles. The van der Waals surface area contributed by atoms with Gasteiger partial charge in [-0.25, -0.2) is 9.59 Å². The van der Waals surface area contributed by atoms with Crippen LogP contribution >= 0.6 is 0 Å². The molecule has 8 nitrogen and oxygen atoms in total. The van der Waals surface area contributed by atoms with Gasteiger partial charge in [-0.3, -0.25) is 9.59 Å². The molecule has 2 rings (SSSR count). The maximum absolute atomic E-state index is 12.8. The third-order valence-corrected chi connectivity index (χ3v) is 4.61. The number of hydrogen-bond acceptors (Lipinski definition) is 5. The minimum Gasteiger partial charge on any atom is -0.480 e. The van der Waals surface area contributed by atoms with E-state index < -0.39 is 35.8 Å². The van der Waals surface area contributed by atoms with Crippen LogP contribution in [0.1, 0.15) is 47.4 Å². The van der Waals surface area contributed by atoms with Crippen LogP contribution in [0.15, 0.2) is 24.3 Å². The van der Waals surface area contributed by atoms with Gasteiger partial charge < -0.3 is 20.1 Å². The Hall–Kier alpha value is -2.90. The Bertz CT molecular complexity index is 728. The lowest BCUT2D eigenvalue weighted by Crippen LogP contribution is -2.53. The fourth-order valence-electron chi connectivity index (χ4n) is 3.08. The number of benzene rings is 1. The Morgan fingerprint density at radius 1 is 1.15 bits per heavy atom. The summed E-state index contributed by atoms with van der Waals surface area (Å²) in [5, 5.41) is 12.0. The van der Waals surface area contributed by atoms with Crippen molar-refractivity contribution in [3.05, 3.63) is 35.4 Å². The molecule has 0 spiro atoms. The number of methoxy groups -OCH3 is 1. The minimum atomic E-state index is -1.03. The number of carbonyl (C=O) groups is 4. The summed E-state index contributed by atoms with van der Waals surface area (Å²) in [5.41, 5.74) is 0.601. The van der Waals surface area contributed by atoms with Crippen LogP contribution in [0, 0.1) is 5.92 Å². The van der Waals surface area contributed by atoms with E-state index in [2.05, 4.69) is 10.1 Å². The van der Waals surface area contributed by atoms with Crippen molar-refractivity contribution < 1.29 is 29.0 Å². The molecule has 0 unspecified atom stereocenters. The van der Waals surface area contributed by atoms with Gasteiger partial charge in [-0.15, -0.1) is 0 Å². The number of aliphatic carboxylic acids is 1. The van der Waals surface area contributed by atoms with E-state index in [1.807, 2.05) is 0 Å². The maximum Gasteiger partial charge on any atom is 0.337 e. The Labute approximate surface area is 157 Å². The quantitative estimate of drug-likeness (QED) is 0.724. The lowest BCUT2D eigenvalue weighted by Gasteiger charge is -2.29. The molecule has 146 valence electrons. The molecule has 2 atom stereocenters. The smallest absolute Gasteiger partial charge is 0.337 e. The number of hydrogen-bond donors (Lipinski definition) is 2. The van der Waals surface area contributed by atoms with E-state index in [1.165, 1.54) is 36.3 Å². The average molecular weight is 376 g/mol. The predicted molar refractivity (Wildman–Crippen MR) is 96.2 cm³/mol. The Balaban J connectivity index is 2.13. The highest BCUT2D eigenvalue weighted by atomic mass is 16.5. The molecule has 27 heavy (non-hydrogen) atoms. The molecule has 0 aliphatic carbocycles. The molecule has 1 aromatic carbocycles. The zero-order valence-corrected chi connectivity index (χ0v) is 15.6. The first-order chi connectivity index (χ1) is 12.8. The maximum atomic E-state index is 12.8. The van der Waals surface area contributed by atoms with Gasteiger partial charge in [0, 0.05) is 12.1 Å². The summed E-state index contributed by atoms with van der Waals surface area (Å²) in [6.45, 7) is 3.94. The first-order valence-corrected chi connectivity index (χ1v) is 8.78. The van der Waals surface area contributed by atoms with Crippen molar-refractivity contribution in [3.63, 3.8) is 0 Å². The van der Waals surface area contributed by atoms with Crippen LogP contribution in [0.4, 0.5) is 0 Å². The summed E-state index contributed by atoms with van der Waals surface area (Å²) in [4.78, 5) is 49.5. The molecule has 0 bridgehead atoms. The normalized spacial score (nSPS) is 17.5. The molecule has 1 saturated heterocycles. The third-order valence-electron chi connectivity index (χ3n) is 4.61. The monoisotopic (exact) mass is 376 g/mol. The van der Waals surface area contributed by atoms with Crippen LogP contribution in [0.2, 0.25) is 0 Å². The van der Waals surface area contributed by atoms with Crippen molar-refractivity contribution in [1.29, 1.82) is 0 Å². The number of nitrogens with zero attached hydrogens (tertiary/aromatic N) is 1. The van der Waals surface area contributed by atoms with Gasteiger partial charge in [-0.05, 0) is 43.0 Å². The summed E-state index contributed by atoms with van der Waals surface area (Å²) in [6.07, 6.45) is 1.03. The van der Waals surface area contributed by atoms with Crippen LogP contribution in [0.3, 0.4) is 0 Å². The van der Waals surface area contributed by atoms with Crippen molar-refractivity contribution >= 4 is 23.8 Å². The molecule has 0 radical (unpaired) electrons. The van der Waals surface area contributed by atoms with Gasteiger partial charge in [-0.2, -0.15) is 0 Å². The number of carboxylic acids is 1. The van der Waals surface area contributed by atoms with Crippen LogP contribution in [0.25, 0.3) is 0 Å². The zero-order valence-electron chi connectivity index (χ0n) is 15.6. The summed E-state index contributed by atoms with van der Waals surface area (Å²) in [5.74, 6) is -2.62. The van der Waals surface area contributed by atoms with Crippen LogP contribution < -0.4 is 5.32 Å². The first kappa shape index (κ1) is 20.4. The number of esters is 1. The molecule has 2 amide bonds. The van der Waals surface area contributed by atoms with Gasteiger partial charge in [0.1, 0.15) is 12.1 Å². The Morgan fingerprint density at radius 2 is 1.74 bits per heavy atom. The minimum absolute atomic E-state index is 0.217. The average Bonchev–Trinajstić information content (AvgIpc) is 3.14. The van der Waals surface area contributed by atoms with Gasteiger partial charge >= 0.3 is 11.9 Å². The SMILES string of the molecule is COC(=O)c1ccc(C(=O)N[C@H](C(=O)N2CCC[C@H]2C(=O)O)C(C)C)cc1. The predicted octanol–water partition coefficient (Wildman–Crippen LogP) is 1.30. The van der Waals surface area contributed by atoms with Crippen LogP contribution in [-0.4, -0.2) is 59.5 Å². The lowest BCUT2D eigenvalue weighted by atomic mass is 10.0. The highest BCUT2D eigenvalue weighted by molar-refractivity contribution is 5.99. The third kappa shape index (κ3) is 4.64. The van der Waals surface area contributed by atoms with Gasteiger partial charge in [0.2, 0.25) is 5.91 Å². The molecule has 1 fully saturated rings. The first-order valence-electron chi connectivity index (χ1n) is 8.78. The summed E-state index contributed by atoms with van der Waals surface area (Å²) >= 11 is 0. The molecule has 1 aromatic rings. The molecule has 0 aromatic heterocycles. The Morgan fingerprint density at radius 3 is 2.26 bits per heavy atom. The topological polar surface area (TPSA) is 113 Å². The van der Waals surface area contributed by atoms with Crippen molar-refractivity contribution in [2.24, 2.45) is 5.92 Å². The van der Waals surface area contributed by atoms with Gasteiger partial charge in [0.05, 0.1) is 12.7 Å². The van der Waals surface area contributed by atoms with E-state index in [-0.39, 0.29) is 11.5 Å². The second-order valence-corrected chi connectivity index (χ2v) is 6.79. The molecule has 2 N–H and O–H groups in total. The standard InChI is InChI=1S/C19H24N2O6/c1-11(2)15(17(23)21-10-4-5-14(21)18(24)25)20-16(22)12-6-8-13(9-7-12)19(26)27-3/h6-9,11,14-15H,4-5,10H2,1-3H3,(H,20,22)(H,24,25)/t14-,15-/m0/s1. The number of carboxylic acid groups (broad SMARTS) is 1. The molecule has 1 aliphatic rings. The second kappa shape index (κ2) is 8.66. The van der Waals surface area contributed by atoms with Crippen molar-refractivity contribution in [3.8, 4) is 0 Å². The van der Waals surface area contributed by atoms with Crippen molar-refractivity contribution in [2.75, 3.05) is 13.7 Å². The van der Waals surface area contributed by atoms with Gasteiger partial charge in [-0.1, -0.05) is 13.8 Å².